The van der Waals surface area contributed by atoms with E-state index >= 15 is 0 Å². The van der Waals surface area contributed by atoms with E-state index in [4.69, 9.17) is 0 Å². The molecule has 114 valence electrons. The number of amides is 1. The molecule has 0 bridgehead atoms. The van der Waals surface area contributed by atoms with E-state index in [2.05, 4.69) is 16.4 Å². The Morgan fingerprint density at radius 3 is 2.77 bits per heavy atom. The molecule has 2 aromatic rings. The van der Waals surface area contributed by atoms with Gasteiger partial charge in [0, 0.05) is 12.5 Å². The second kappa shape index (κ2) is 5.55. The fourth-order valence-corrected chi connectivity index (χ4v) is 3.64. The fourth-order valence-electron chi connectivity index (χ4n) is 3.64. The minimum atomic E-state index is 0.198. The molecular formula is C17H20N4O. The smallest absolute Gasteiger partial charge is 0.226 e. The molecule has 4 rings (SSSR count). The summed E-state index contributed by atoms with van der Waals surface area (Å²) in [7, 11) is 0. The lowest BCUT2D eigenvalue weighted by Crippen LogP contribution is -2.35. The maximum atomic E-state index is 12.9. The average Bonchev–Trinajstić information content (AvgIpc) is 2.97. The molecule has 1 aromatic heterocycles. The second-order valence-corrected chi connectivity index (χ2v) is 6.30. The van der Waals surface area contributed by atoms with Gasteiger partial charge in [-0.1, -0.05) is 42.7 Å². The van der Waals surface area contributed by atoms with Gasteiger partial charge in [0.15, 0.2) is 0 Å². The first-order valence-corrected chi connectivity index (χ1v) is 8.09. The SMILES string of the molecule is O=C(C1CCCCC1)N1Cc2ccccc2-n2nncc2C1. The van der Waals surface area contributed by atoms with E-state index in [1.807, 2.05) is 27.8 Å². The van der Waals surface area contributed by atoms with Crippen molar-refractivity contribution in [2.45, 2.75) is 45.2 Å². The summed E-state index contributed by atoms with van der Waals surface area (Å²) >= 11 is 0. The highest BCUT2D eigenvalue weighted by atomic mass is 16.2. The van der Waals surface area contributed by atoms with Crippen LogP contribution in [0.4, 0.5) is 0 Å². The molecule has 1 saturated carbocycles. The number of rotatable bonds is 1. The fraction of sp³-hybridized carbons (Fsp3) is 0.471. The van der Waals surface area contributed by atoms with Crippen molar-refractivity contribution in [2.24, 2.45) is 5.92 Å². The van der Waals surface area contributed by atoms with Crippen molar-refractivity contribution in [1.29, 1.82) is 0 Å². The van der Waals surface area contributed by atoms with E-state index in [1.54, 1.807) is 6.20 Å². The van der Waals surface area contributed by atoms with Crippen molar-refractivity contribution >= 4 is 5.91 Å². The third-order valence-corrected chi connectivity index (χ3v) is 4.82. The van der Waals surface area contributed by atoms with E-state index < -0.39 is 0 Å². The van der Waals surface area contributed by atoms with Gasteiger partial charge in [-0.25, -0.2) is 4.68 Å². The molecule has 1 fully saturated rings. The Balaban J connectivity index is 1.68. The van der Waals surface area contributed by atoms with Crippen molar-refractivity contribution in [3.63, 3.8) is 0 Å². The molecule has 0 unspecified atom stereocenters. The van der Waals surface area contributed by atoms with Gasteiger partial charge in [-0.15, -0.1) is 5.10 Å². The number of carbonyl (C=O) groups excluding carboxylic acids is 1. The van der Waals surface area contributed by atoms with Crippen molar-refractivity contribution in [3.8, 4) is 5.69 Å². The molecule has 2 heterocycles. The van der Waals surface area contributed by atoms with Gasteiger partial charge in [0.2, 0.25) is 5.91 Å². The number of hydrogen-bond donors (Lipinski definition) is 0. The number of fused-ring (bicyclic) bond motifs is 3. The molecule has 1 aliphatic heterocycles. The van der Waals surface area contributed by atoms with Crippen LogP contribution in [0.25, 0.3) is 5.69 Å². The maximum Gasteiger partial charge on any atom is 0.226 e. The second-order valence-electron chi connectivity index (χ2n) is 6.30. The van der Waals surface area contributed by atoms with Crippen LogP contribution in [0, 0.1) is 5.92 Å². The van der Waals surface area contributed by atoms with Crippen LogP contribution in [-0.4, -0.2) is 25.8 Å². The normalized spacial score (nSPS) is 18.5. The van der Waals surface area contributed by atoms with Crippen LogP contribution in [0.3, 0.4) is 0 Å². The predicted molar refractivity (Wildman–Crippen MR) is 82.2 cm³/mol. The summed E-state index contributed by atoms with van der Waals surface area (Å²) in [6.45, 7) is 1.26. The molecule has 0 atom stereocenters. The number of para-hydroxylation sites is 1. The van der Waals surface area contributed by atoms with Crippen LogP contribution in [-0.2, 0) is 17.9 Å². The Kier molecular flexibility index (Phi) is 3.41. The predicted octanol–water partition coefficient (Wildman–Crippen LogP) is 2.69. The lowest BCUT2D eigenvalue weighted by molar-refractivity contribution is -0.137. The number of benzene rings is 1. The lowest BCUT2D eigenvalue weighted by Gasteiger charge is -2.28. The van der Waals surface area contributed by atoms with E-state index in [-0.39, 0.29) is 5.92 Å². The zero-order valence-electron chi connectivity index (χ0n) is 12.6. The summed E-state index contributed by atoms with van der Waals surface area (Å²) in [4.78, 5) is 14.9. The monoisotopic (exact) mass is 296 g/mol. The van der Waals surface area contributed by atoms with Crippen molar-refractivity contribution in [2.75, 3.05) is 0 Å². The first-order valence-electron chi connectivity index (χ1n) is 8.09. The summed E-state index contributed by atoms with van der Waals surface area (Å²) < 4.78 is 1.86. The number of carbonyl (C=O) groups is 1. The van der Waals surface area contributed by atoms with Crippen LogP contribution in [0.2, 0.25) is 0 Å². The summed E-state index contributed by atoms with van der Waals surface area (Å²) in [5.74, 6) is 0.493. The number of nitrogens with zero attached hydrogens (tertiary/aromatic N) is 4. The van der Waals surface area contributed by atoms with Crippen LogP contribution in [0.1, 0.15) is 43.4 Å². The molecule has 0 radical (unpaired) electrons. The van der Waals surface area contributed by atoms with E-state index in [9.17, 15) is 4.79 Å². The van der Waals surface area contributed by atoms with Gasteiger partial charge in [0.25, 0.3) is 0 Å². The summed E-state index contributed by atoms with van der Waals surface area (Å²) in [5, 5.41) is 8.22. The maximum absolute atomic E-state index is 12.9. The van der Waals surface area contributed by atoms with Crippen molar-refractivity contribution in [1.82, 2.24) is 19.9 Å². The molecule has 0 spiro atoms. The molecule has 22 heavy (non-hydrogen) atoms. The minimum Gasteiger partial charge on any atom is -0.332 e. The molecular weight excluding hydrogens is 276 g/mol. The molecule has 1 aromatic carbocycles. The highest BCUT2D eigenvalue weighted by molar-refractivity contribution is 5.79. The summed E-state index contributed by atoms with van der Waals surface area (Å²) in [6, 6.07) is 8.14. The minimum absolute atomic E-state index is 0.198. The van der Waals surface area contributed by atoms with Crippen LogP contribution >= 0.6 is 0 Å². The molecule has 5 heteroatoms. The molecule has 0 saturated heterocycles. The van der Waals surface area contributed by atoms with Gasteiger partial charge in [-0.2, -0.15) is 0 Å². The van der Waals surface area contributed by atoms with Gasteiger partial charge in [0.1, 0.15) is 0 Å². The highest BCUT2D eigenvalue weighted by Crippen LogP contribution is 2.29. The van der Waals surface area contributed by atoms with Gasteiger partial charge < -0.3 is 4.90 Å². The number of hydrogen-bond acceptors (Lipinski definition) is 3. The Morgan fingerprint density at radius 2 is 1.91 bits per heavy atom. The van der Waals surface area contributed by atoms with Gasteiger partial charge in [0.05, 0.1) is 24.1 Å². The Morgan fingerprint density at radius 1 is 1.09 bits per heavy atom. The van der Waals surface area contributed by atoms with Crippen LogP contribution in [0.15, 0.2) is 30.5 Å². The Bertz CT molecular complexity index is 687. The van der Waals surface area contributed by atoms with Gasteiger partial charge in [-0.3, -0.25) is 4.79 Å². The van der Waals surface area contributed by atoms with Gasteiger partial charge >= 0.3 is 0 Å². The first kappa shape index (κ1) is 13.5. The van der Waals surface area contributed by atoms with Crippen molar-refractivity contribution < 1.29 is 4.79 Å². The van der Waals surface area contributed by atoms with Crippen molar-refractivity contribution in [3.05, 3.63) is 41.7 Å². The number of aromatic nitrogens is 3. The van der Waals surface area contributed by atoms with Crippen LogP contribution < -0.4 is 0 Å². The molecule has 1 aliphatic carbocycles. The lowest BCUT2D eigenvalue weighted by atomic mass is 9.88. The standard InChI is InChI=1S/C17H20N4O/c22-17(13-6-2-1-3-7-13)20-11-14-8-4-5-9-16(14)21-15(12-20)10-18-19-21/h4-5,8-10,13H,1-3,6-7,11-12H2. The molecule has 1 amide bonds. The Labute approximate surface area is 129 Å². The topological polar surface area (TPSA) is 51.0 Å². The summed E-state index contributed by atoms with van der Waals surface area (Å²) in [6.07, 6.45) is 7.47. The molecule has 5 nitrogen and oxygen atoms in total. The van der Waals surface area contributed by atoms with E-state index in [1.165, 1.54) is 19.3 Å². The zero-order chi connectivity index (χ0) is 14.9. The van der Waals surface area contributed by atoms with E-state index in [0.29, 0.717) is 19.0 Å². The largest absolute Gasteiger partial charge is 0.332 e. The third-order valence-electron chi connectivity index (χ3n) is 4.82. The first-order chi connectivity index (χ1) is 10.8. The van der Waals surface area contributed by atoms with Crippen LogP contribution in [0.5, 0.6) is 0 Å². The highest BCUT2D eigenvalue weighted by Gasteiger charge is 2.29. The zero-order valence-corrected chi connectivity index (χ0v) is 12.6. The molecule has 0 N–H and O–H groups in total. The quantitative estimate of drug-likeness (QED) is 0.813. The van der Waals surface area contributed by atoms with E-state index in [0.717, 1.165) is 29.8 Å². The van der Waals surface area contributed by atoms with Gasteiger partial charge in [-0.05, 0) is 24.5 Å². The molecule has 2 aliphatic rings. The third kappa shape index (κ3) is 2.30. The summed E-state index contributed by atoms with van der Waals surface area (Å²) in [5.41, 5.74) is 3.15. The average molecular weight is 296 g/mol. The Hall–Kier alpha value is -2.17.